The van der Waals surface area contributed by atoms with Crippen molar-refractivity contribution in [1.82, 2.24) is 10.6 Å². The molecule has 0 heterocycles. The summed E-state index contributed by atoms with van der Waals surface area (Å²) in [6.07, 6.45) is 2.18. The predicted octanol–water partition coefficient (Wildman–Crippen LogP) is 2.62. The molecule has 0 aliphatic rings. The number of alkyl carbamates (subject to hydrolysis) is 1. The minimum Gasteiger partial charge on any atom is -0.444 e. The van der Waals surface area contributed by atoms with Gasteiger partial charge in [-0.05, 0) is 45.6 Å². The molecule has 28 heavy (non-hydrogen) atoms. The number of methoxy groups -OCH3 is 1. The van der Waals surface area contributed by atoms with Gasteiger partial charge in [0.15, 0.2) is 0 Å². The van der Waals surface area contributed by atoms with E-state index in [9.17, 15) is 14.4 Å². The normalized spacial score (nSPS) is 13.3. The monoisotopic (exact) mass is 392 g/mol. The molecule has 2 amide bonds. The van der Waals surface area contributed by atoms with Gasteiger partial charge in [-0.1, -0.05) is 30.3 Å². The Kier molecular flexibility index (Phi) is 10.2. The fourth-order valence-electron chi connectivity index (χ4n) is 2.56. The van der Waals surface area contributed by atoms with E-state index in [-0.39, 0.29) is 5.91 Å². The van der Waals surface area contributed by atoms with Crippen LogP contribution in [0.25, 0.3) is 0 Å². The zero-order valence-corrected chi connectivity index (χ0v) is 17.2. The molecule has 1 aromatic carbocycles. The third-order valence-corrected chi connectivity index (χ3v) is 3.96. The molecular formula is C21H32N2O5. The number of amides is 2. The lowest BCUT2D eigenvalue weighted by Gasteiger charge is -2.23. The fourth-order valence-corrected chi connectivity index (χ4v) is 2.56. The number of aldehydes is 1. The van der Waals surface area contributed by atoms with Crippen LogP contribution in [0.15, 0.2) is 30.3 Å². The molecule has 0 bridgehead atoms. The maximum atomic E-state index is 12.6. The largest absolute Gasteiger partial charge is 0.444 e. The van der Waals surface area contributed by atoms with Crippen molar-refractivity contribution in [1.29, 1.82) is 0 Å². The summed E-state index contributed by atoms with van der Waals surface area (Å²) in [6.45, 7) is 5.76. The van der Waals surface area contributed by atoms with E-state index in [1.807, 2.05) is 30.3 Å². The van der Waals surface area contributed by atoms with Crippen molar-refractivity contribution in [2.45, 2.75) is 64.2 Å². The maximum absolute atomic E-state index is 12.6. The second-order valence-electron chi connectivity index (χ2n) is 7.59. The topological polar surface area (TPSA) is 93.7 Å². The molecular weight excluding hydrogens is 360 g/mol. The minimum absolute atomic E-state index is 0.270. The van der Waals surface area contributed by atoms with Crippen LogP contribution in [0.2, 0.25) is 0 Å². The summed E-state index contributed by atoms with van der Waals surface area (Å²) < 4.78 is 10.3. The average molecular weight is 392 g/mol. The fraction of sp³-hybridized carbons (Fsp3) is 0.571. The smallest absolute Gasteiger partial charge is 0.408 e. The molecule has 0 spiro atoms. The second-order valence-corrected chi connectivity index (χ2v) is 7.59. The zero-order chi connectivity index (χ0) is 21.0. The third kappa shape index (κ3) is 10.1. The van der Waals surface area contributed by atoms with Crippen molar-refractivity contribution in [2.24, 2.45) is 0 Å². The Bertz CT molecular complexity index is 613. The van der Waals surface area contributed by atoms with Gasteiger partial charge in [0.2, 0.25) is 5.91 Å². The summed E-state index contributed by atoms with van der Waals surface area (Å²) in [5.74, 6) is -0.270. The molecule has 0 radical (unpaired) electrons. The summed E-state index contributed by atoms with van der Waals surface area (Å²) in [5, 5.41) is 5.50. The molecule has 1 unspecified atom stereocenters. The zero-order valence-electron chi connectivity index (χ0n) is 17.2. The summed E-state index contributed by atoms with van der Waals surface area (Å²) in [4.78, 5) is 35.4. The van der Waals surface area contributed by atoms with E-state index in [0.717, 1.165) is 18.3 Å². The first kappa shape index (κ1) is 23.6. The van der Waals surface area contributed by atoms with Crippen LogP contribution < -0.4 is 10.6 Å². The Labute approximate surface area is 167 Å². The molecule has 2 atom stereocenters. The van der Waals surface area contributed by atoms with Crippen LogP contribution in [0.3, 0.4) is 0 Å². The lowest BCUT2D eigenvalue weighted by molar-refractivity contribution is -0.123. The standard InChI is InChI=1S/C21H32N2O5/c1-21(2,3)28-20(26)23-18(14-16-10-6-5-7-11-16)19(25)22-13-9-8-12-17(15-24)27-4/h5-7,10-11,15,17-18H,8-9,12-14H2,1-4H3,(H,22,25)(H,23,26)/t17?,18-/m0/s1. The number of rotatable bonds is 11. The highest BCUT2D eigenvalue weighted by Gasteiger charge is 2.24. The number of nitrogens with one attached hydrogen (secondary N) is 2. The molecule has 0 aromatic heterocycles. The molecule has 0 fully saturated rings. The average Bonchev–Trinajstić information content (AvgIpc) is 2.63. The van der Waals surface area contributed by atoms with Crippen LogP contribution in [-0.4, -0.2) is 49.7 Å². The summed E-state index contributed by atoms with van der Waals surface area (Å²) in [5.41, 5.74) is 0.293. The maximum Gasteiger partial charge on any atom is 0.408 e. The van der Waals surface area contributed by atoms with Gasteiger partial charge >= 0.3 is 6.09 Å². The SMILES string of the molecule is COC(C=O)CCCCNC(=O)[C@H](Cc1ccccc1)NC(=O)OC(C)(C)C. The van der Waals surface area contributed by atoms with E-state index in [4.69, 9.17) is 9.47 Å². The molecule has 7 heteroatoms. The molecule has 156 valence electrons. The van der Waals surface area contributed by atoms with Crippen LogP contribution >= 0.6 is 0 Å². The van der Waals surface area contributed by atoms with Gasteiger partial charge in [0.05, 0.1) is 0 Å². The van der Waals surface area contributed by atoms with Crippen molar-refractivity contribution < 1.29 is 23.9 Å². The first-order valence-electron chi connectivity index (χ1n) is 9.54. The van der Waals surface area contributed by atoms with Gasteiger partial charge in [-0.15, -0.1) is 0 Å². The van der Waals surface area contributed by atoms with Crippen LogP contribution in [0.5, 0.6) is 0 Å². The minimum atomic E-state index is -0.737. The van der Waals surface area contributed by atoms with E-state index in [1.54, 1.807) is 20.8 Å². The van der Waals surface area contributed by atoms with Gasteiger partial charge in [-0.25, -0.2) is 4.79 Å². The molecule has 7 nitrogen and oxygen atoms in total. The van der Waals surface area contributed by atoms with Gasteiger partial charge in [0, 0.05) is 20.1 Å². The van der Waals surface area contributed by atoms with Crippen molar-refractivity contribution in [2.75, 3.05) is 13.7 Å². The molecule has 0 aliphatic carbocycles. The quantitative estimate of drug-likeness (QED) is 0.446. The number of benzene rings is 1. The Balaban J connectivity index is 2.58. The number of hydrogen-bond donors (Lipinski definition) is 2. The molecule has 1 rings (SSSR count). The third-order valence-electron chi connectivity index (χ3n) is 3.96. The number of unbranched alkanes of at least 4 members (excludes halogenated alkanes) is 1. The van der Waals surface area contributed by atoms with Crippen molar-refractivity contribution >= 4 is 18.3 Å². The number of hydrogen-bond acceptors (Lipinski definition) is 5. The van der Waals surface area contributed by atoms with Gasteiger partial charge in [-0.3, -0.25) is 4.79 Å². The molecule has 2 N–H and O–H groups in total. The number of ether oxygens (including phenoxy) is 2. The van der Waals surface area contributed by atoms with Crippen LogP contribution in [0.1, 0.15) is 45.6 Å². The lowest BCUT2D eigenvalue weighted by atomic mass is 10.1. The van der Waals surface area contributed by atoms with E-state index in [0.29, 0.717) is 25.8 Å². The summed E-state index contributed by atoms with van der Waals surface area (Å²) in [6, 6.07) is 8.74. The highest BCUT2D eigenvalue weighted by molar-refractivity contribution is 5.86. The molecule has 0 saturated carbocycles. The van der Waals surface area contributed by atoms with Gasteiger partial charge in [0.25, 0.3) is 0 Å². The number of carbonyl (C=O) groups excluding carboxylic acids is 3. The van der Waals surface area contributed by atoms with Crippen LogP contribution in [0, 0.1) is 0 Å². The highest BCUT2D eigenvalue weighted by Crippen LogP contribution is 2.09. The van der Waals surface area contributed by atoms with E-state index < -0.39 is 23.8 Å². The van der Waals surface area contributed by atoms with Crippen molar-refractivity contribution in [3.05, 3.63) is 35.9 Å². The predicted molar refractivity (Wildman–Crippen MR) is 107 cm³/mol. The summed E-state index contributed by atoms with van der Waals surface area (Å²) in [7, 11) is 1.50. The molecule has 0 aliphatic heterocycles. The Morgan fingerprint density at radius 2 is 1.82 bits per heavy atom. The first-order chi connectivity index (χ1) is 13.2. The number of carbonyl (C=O) groups is 3. The van der Waals surface area contributed by atoms with Crippen molar-refractivity contribution in [3.63, 3.8) is 0 Å². The molecule has 1 aromatic rings. The van der Waals surface area contributed by atoms with Gasteiger partial charge in [0.1, 0.15) is 24.0 Å². The highest BCUT2D eigenvalue weighted by atomic mass is 16.6. The lowest BCUT2D eigenvalue weighted by Crippen LogP contribution is -2.49. The Morgan fingerprint density at radius 3 is 2.39 bits per heavy atom. The summed E-state index contributed by atoms with van der Waals surface area (Å²) >= 11 is 0. The van der Waals surface area contributed by atoms with Gasteiger partial charge in [-0.2, -0.15) is 0 Å². The van der Waals surface area contributed by atoms with Crippen LogP contribution in [0.4, 0.5) is 4.79 Å². The van der Waals surface area contributed by atoms with E-state index in [2.05, 4.69) is 10.6 Å². The van der Waals surface area contributed by atoms with E-state index >= 15 is 0 Å². The van der Waals surface area contributed by atoms with Gasteiger partial charge < -0.3 is 24.9 Å². The molecule has 0 saturated heterocycles. The van der Waals surface area contributed by atoms with E-state index in [1.165, 1.54) is 7.11 Å². The Hall–Kier alpha value is -2.41. The van der Waals surface area contributed by atoms with Crippen molar-refractivity contribution in [3.8, 4) is 0 Å². The Morgan fingerprint density at radius 1 is 1.14 bits per heavy atom. The second kappa shape index (κ2) is 12.1. The van der Waals surface area contributed by atoms with Crippen LogP contribution in [-0.2, 0) is 25.5 Å². The first-order valence-corrected chi connectivity index (χ1v) is 9.54.